The molecule has 0 fully saturated rings. The molecule has 4 heterocycles. The van der Waals surface area contributed by atoms with Crippen LogP contribution in [0.4, 0.5) is 0 Å². The van der Waals surface area contributed by atoms with E-state index in [1.165, 1.54) is 38.1 Å². The summed E-state index contributed by atoms with van der Waals surface area (Å²) in [6.07, 6.45) is 1.71. The van der Waals surface area contributed by atoms with E-state index in [0.29, 0.717) is 32.7 Å². The quantitative estimate of drug-likeness (QED) is 0.433. The van der Waals surface area contributed by atoms with Crippen LogP contribution in [-0.4, -0.2) is 28.5 Å². The fraction of sp³-hybridized carbons (Fsp3) is 0.118. The van der Waals surface area contributed by atoms with Crippen molar-refractivity contribution in [2.75, 3.05) is 0 Å². The Morgan fingerprint density at radius 3 is 2.93 bits per heavy atom. The lowest BCUT2D eigenvalue weighted by Gasteiger charge is -2.07. The van der Waals surface area contributed by atoms with Gasteiger partial charge in [-0.05, 0) is 12.1 Å². The Balaban J connectivity index is 1.61. The molecule has 0 aliphatic carbocycles. The minimum Gasteiger partial charge on any atom is -0.279 e. The van der Waals surface area contributed by atoms with Crippen molar-refractivity contribution in [3.05, 3.63) is 68.3 Å². The first-order chi connectivity index (χ1) is 13.1. The van der Waals surface area contributed by atoms with Crippen LogP contribution < -0.4 is 11.1 Å². The van der Waals surface area contributed by atoms with Crippen molar-refractivity contribution < 1.29 is 0 Å². The summed E-state index contributed by atoms with van der Waals surface area (Å²) in [5.74, 6) is 0.949. The lowest BCUT2D eigenvalue weighted by Crippen LogP contribution is -2.20. The third-order valence-electron chi connectivity index (χ3n) is 4.30. The maximum atomic E-state index is 12.5. The van der Waals surface area contributed by atoms with Crippen LogP contribution in [0.25, 0.3) is 21.6 Å². The zero-order valence-corrected chi connectivity index (χ0v) is 15.7. The van der Waals surface area contributed by atoms with E-state index >= 15 is 0 Å². The van der Waals surface area contributed by atoms with Crippen molar-refractivity contribution in [1.82, 2.24) is 28.5 Å². The first kappa shape index (κ1) is 16.2. The van der Waals surface area contributed by atoms with Gasteiger partial charge in [-0.15, -0.1) is 21.5 Å². The van der Waals surface area contributed by atoms with Crippen LogP contribution in [0.1, 0.15) is 5.69 Å². The van der Waals surface area contributed by atoms with E-state index in [-0.39, 0.29) is 11.1 Å². The summed E-state index contributed by atoms with van der Waals surface area (Å²) in [5.41, 5.74) is 1.22. The van der Waals surface area contributed by atoms with Crippen LogP contribution >= 0.6 is 23.1 Å². The number of aryl methyl sites for hydroxylation is 1. The zero-order chi connectivity index (χ0) is 18.5. The molecular weight excluding hydrogens is 384 g/mol. The Kier molecular flexibility index (Phi) is 3.62. The highest BCUT2D eigenvalue weighted by Gasteiger charge is 2.15. The SMILES string of the molecule is Cn1c(=O)c2ccccc2n2c(SCc3cc(=O)n4ccsc4n3)nnc12. The largest absolute Gasteiger partial charge is 0.279 e. The van der Waals surface area contributed by atoms with E-state index < -0.39 is 0 Å². The molecule has 0 atom stereocenters. The molecule has 0 saturated carbocycles. The number of thiazole rings is 1. The molecular formula is C17H12N6O2S2. The lowest BCUT2D eigenvalue weighted by molar-refractivity contribution is 0.853. The van der Waals surface area contributed by atoms with E-state index in [4.69, 9.17) is 0 Å². The number of hydrogen-bond donors (Lipinski definition) is 0. The topological polar surface area (TPSA) is 86.6 Å². The number of fused-ring (bicyclic) bond motifs is 4. The second-order valence-corrected chi connectivity index (χ2v) is 7.74. The molecule has 27 heavy (non-hydrogen) atoms. The summed E-state index contributed by atoms with van der Waals surface area (Å²) in [5, 5.41) is 11.5. The second kappa shape index (κ2) is 6.03. The van der Waals surface area contributed by atoms with Gasteiger partial charge in [-0.2, -0.15) is 0 Å². The smallest absolute Gasteiger partial charge is 0.262 e. The number of benzene rings is 1. The third kappa shape index (κ3) is 2.48. The van der Waals surface area contributed by atoms with Gasteiger partial charge in [0.05, 0.1) is 16.6 Å². The van der Waals surface area contributed by atoms with Crippen LogP contribution in [0.5, 0.6) is 0 Å². The molecule has 5 rings (SSSR count). The molecule has 0 aliphatic rings. The normalized spacial score (nSPS) is 11.7. The first-order valence-electron chi connectivity index (χ1n) is 8.05. The molecule has 0 radical (unpaired) electrons. The molecule has 5 aromatic rings. The summed E-state index contributed by atoms with van der Waals surface area (Å²) in [7, 11) is 1.68. The van der Waals surface area contributed by atoms with E-state index in [9.17, 15) is 9.59 Å². The van der Waals surface area contributed by atoms with Gasteiger partial charge in [-0.25, -0.2) is 4.98 Å². The number of rotatable bonds is 3. The summed E-state index contributed by atoms with van der Waals surface area (Å²) < 4.78 is 4.87. The highest BCUT2D eigenvalue weighted by Crippen LogP contribution is 2.24. The van der Waals surface area contributed by atoms with Gasteiger partial charge in [0.2, 0.25) is 5.78 Å². The van der Waals surface area contributed by atoms with Crippen molar-refractivity contribution in [3.63, 3.8) is 0 Å². The standard InChI is InChI=1S/C17H12N6O2S2/c1-21-14(25)11-4-2-3-5-12(11)23-15(21)19-20-17(23)27-9-10-8-13(24)22-6-7-26-16(22)18-10/h2-8H,9H2,1H3. The lowest BCUT2D eigenvalue weighted by atomic mass is 10.2. The van der Waals surface area contributed by atoms with Crippen LogP contribution in [0.15, 0.2) is 56.7 Å². The number of hydrogen-bond acceptors (Lipinski definition) is 7. The zero-order valence-electron chi connectivity index (χ0n) is 14.1. The number of thioether (sulfide) groups is 1. The molecule has 0 N–H and O–H groups in total. The average Bonchev–Trinajstić information content (AvgIpc) is 3.32. The van der Waals surface area contributed by atoms with E-state index in [2.05, 4.69) is 15.2 Å². The van der Waals surface area contributed by atoms with Gasteiger partial charge in [0.25, 0.3) is 11.1 Å². The van der Waals surface area contributed by atoms with Crippen LogP contribution in [0, 0.1) is 0 Å². The van der Waals surface area contributed by atoms with Gasteiger partial charge >= 0.3 is 0 Å². The Bertz CT molecular complexity index is 1450. The molecule has 8 nitrogen and oxygen atoms in total. The van der Waals surface area contributed by atoms with E-state index in [1.54, 1.807) is 19.3 Å². The monoisotopic (exact) mass is 396 g/mol. The Labute approximate surface area is 159 Å². The summed E-state index contributed by atoms with van der Waals surface area (Å²) in [6, 6.07) is 8.91. The highest BCUT2D eigenvalue weighted by atomic mass is 32.2. The minimum atomic E-state index is -0.111. The predicted molar refractivity (Wildman–Crippen MR) is 105 cm³/mol. The molecule has 1 aromatic carbocycles. The molecule has 0 unspecified atom stereocenters. The number of aromatic nitrogens is 6. The summed E-state index contributed by atoms with van der Waals surface area (Å²) in [4.78, 5) is 29.8. The van der Waals surface area contributed by atoms with Crippen molar-refractivity contribution in [2.45, 2.75) is 10.9 Å². The van der Waals surface area contributed by atoms with E-state index in [0.717, 1.165) is 5.52 Å². The van der Waals surface area contributed by atoms with Crippen molar-refractivity contribution in [1.29, 1.82) is 0 Å². The van der Waals surface area contributed by atoms with Crippen molar-refractivity contribution >= 4 is 44.7 Å². The van der Waals surface area contributed by atoms with Gasteiger partial charge in [-0.3, -0.25) is 23.0 Å². The van der Waals surface area contributed by atoms with Gasteiger partial charge in [-0.1, -0.05) is 23.9 Å². The fourth-order valence-electron chi connectivity index (χ4n) is 3.01. The van der Waals surface area contributed by atoms with Crippen LogP contribution in [0.2, 0.25) is 0 Å². The Morgan fingerprint density at radius 2 is 2.04 bits per heavy atom. The fourth-order valence-corrected chi connectivity index (χ4v) is 4.58. The van der Waals surface area contributed by atoms with Gasteiger partial charge in [0.1, 0.15) is 0 Å². The minimum absolute atomic E-state index is 0.101. The van der Waals surface area contributed by atoms with Gasteiger partial charge in [0, 0.05) is 30.4 Å². The summed E-state index contributed by atoms with van der Waals surface area (Å²) >= 11 is 2.85. The molecule has 10 heteroatoms. The van der Waals surface area contributed by atoms with Crippen LogP contribution in [-0.2, 0) is 12.8 Å². The van der Waals surface area contributed by atoms with Gasteiger partial charge < -0.3 is 0 Å². The predicted octanol–water partition coefficient (Wildman–Crippen LogP) is 1.94. The van der Waals surface area contributed by atoms with Gasteiger partial charge in [0.15, 0.2) is 10.1 Å². The van der Waals surface area contributed by atoms with Crippen molar-refractivity contribution in [2.24, 2.45) is 7.05 Å². The number of nitrogens with zero attached hydrogens (tertiary/aromatic N) is 6. The average molecular weight is 396 g/mol. The molecule has 0 spiro atoms. The maximum absolute atomic E-state index is 12.5. The molecule has 134 valence electrons. The highest BCUT2D eigenvalue weighted by molar-refractivity contribution is 7.98. The number of para-hydroxylation sites is 1. The Morgan fingerprint density at radius 1 is 1.19 bits per heavy atom. The maximum Gasteiger partial charge on any atom is 0.262 e. The van der Waals surface area contributed by atoms with Crippen LogP contribution in [0.3, 0.4) is 0 Å². The van der Waals surface area contributed by atoms with Crippen molar-refractivity contribution in [3.8, 4) is 0 Å². The summed E-state index contributed by atoms with van der Waals surface area (Å²) in [6.45, 7) is 0. The molecule has 0 saturated heterocycles. The second-order valence-electron chi connectivity index (χ2n) is 5.93. The van der Waals surface area contributed by atoms with E-state index in [1.807, 2.05) is 28.0 Å². The molecule has 0 aliphatic heterocycles. The third-order valence-corrected chi connectivity index (χ3v) is 6.02. The molecule has 4 aromatic heterocycles. The Hall–Kier alpha value is -2.98. The molecule has 0 bridgehead atoms. The molecule has 0 amide bonds. The first-order valence-corrected chi connectivity index (χ1v) is 9.91.